The van der Waals surface area contributed by atoms with E-state index in [2.05, 4.69) is 36.1 Å². The van der Waals surface area contributed by atoms with Crippen LogP contribution in [0, 0.1) is 0 Å². The first-order valence-corrected chi connectivity index (χ1v) is 11.7. The van der Waals surface area contributed by atoms with Crippen LogP contribution in [0.4, 0.5) is 5.69 Å². The van der Waals surface area contributed by atoms with Crippen molar-refractivity contribution >= 4 is 11.6 Å². The van der Waals surface area contributed by atoms with E-state index in [1.54, 1.807) is 13.2 Å². The molecule has 1 N–H and O–H groups in total. The van der Waals surface area contributed by atoms with Crippen molar-refractivity contribution in [3.05, 3.63) is 89.5 Å². The van der Waals surface area contributed by atoms with Gasteiger partial charge in [-0.15, -0.1) is 0 Å². The first kappa shape index (κ1) is 22.9. The van der Waals surface area contributed by atoms with Crippen molar-refractivity contribution in [1.82, 2.24) is 4.90 Å². The number of methoxy groups -OCH3 is 1. The molecule has 0 aromatic heterocycles. The van der Waals surface area contributed by atoms with Gasteiger partial charge in [0.2, 0.25) is 0 Å². The Hall–Kier alpha value is -3.31. The first-order valence-electron chi connectivity index (χ1n) is 11.7. The molecule has 0 spiro atoms. The molecule has 1 fully saturated rings. The summed E-state index contributed by atoms with van der Waals surface area (Å²) >= 11 is 0. The summed E-state index contributed by atoms with van der Waals surface area (Å²) in [6.07, 6.45) is 2.72. The van der Waals surface area contributed by atoms with Gasteiger partial charge in [0.1, 0.15) is 0 Å². The van der Waals surface area contributed by atoms with Gasteiger partial charge in [-0.05, 0) is 55.2 Å². The Balaban J connectivity index is 1.51. The van der Waals surface area contributed by atoms with E-state index in [1.807, 2.05) is 47.4 Å². The predicted molar refractivity (Wildman–Crippen MR) is 132 cm³/mol. The minimum atomic E-state index is 0.0451. The Labute approximate surface area is 196 Å². The van der Waals surface area contributed by atoms with E-state index in [4.69, 9.17) is 4.74 Å². The van der Waals surface area contributed by atoms with Crippen molar-refractivity contribution in [2.24, 2.45) is 0 Å². The number of aromatic hydroxyl groups is 1. The van der Waals surface area contributed by atoms with Crippen LogP contribution in [-0.2, 0) is 13.0 Å². The Kier molecular flexibility index (Phi) is 7.30. The van der Waals surface area contributed by atoms with Crippen LogP contribution in [0.1, 0.15) is 41.3 Å². The Morgan fingerprint density at radius 3 is 2.33 bits per heavy atom. The van der Waals surface area contributed by atoms with Gasteiger partial charge in [0.25, 0.3) is 5.91 Å². The van der Waals surface area contributed by atoms with E-state index in [-0.39, 0.29) is 17.7 Å². The molecule has 0 radical (unpaired) electrons. The quantitative estimate of drug-likeness (QED) is 0.539. The van der Waals surface area contributed by atoms with Gasteiger partial charge in [-0.2, -0.15) is 0 Å². The fourth-order valence-electron chi connectivity index (χ4n) is 4.54. The highest BCUT2D eigenvalue weighted by atomic mass is 16.5. The van der Waals surface area contributed by atoms with E-state index in [9.17, 15) is 9.90 Å². The number of hydrogen-bond acceptors (Lipinski definition) is 4. The molecule has 5 nitrogen and oxygen atoms in total. The standard InChI is InChI=1S/C28H32N2O3/c1-3-21-12-14-24(15-13-21)30(28(32)22-8-5-4-6-9-22)25-16-18-29(19-17-25)20-23-10-7-11-26(33-2)27(23)31/h4-15,25,31H,3,16-20H2,1-2H3. The molecule has 1 aliphatic rings. The number of carbonyl (C=O) groups is 1. The van der Waals surface area contributed by atoms with Crippen molar-refractivity contribution in [3.63, 3.8) is 0 Å². The van der Waals surface area contributed by atoms with Gasteiger partial charge in [-0.1, -0.05) is 49.4 Å². The van der Waals surface area contributed by atoms with Gasteiger partial charge >= 0.3 is 0 Å². The fraction of sp³-hybridized carbons (Fsp3) is 0.321. The summed E-state index contributed by atoms with van der Waals surface area (Å²) in [6, 6.07) is 23.6. The molecule has 0 bridgehead atoms. The number of hydrogen-bond donors (Lipinski definition) is 1. The van der Waals surface area contributed by atoms with Crippen LogP contribution in [-0.4, -0.2) is 42.2 Å². The van der Waals surface area contributed by atoms with E-state index in [1.165, 1.54) is 5.56 Å². The molecule has 172 valence electrons. The lowest BCUT2D eigenvalue weighted by Crippen LogP contribution is -2.47. The SMILES string of the molecule is CCc1ccc(N(C(=O)c2ccccc2)C2CCN(Cc3cccc(OC)c3O)CC2)cc1. The van der Waals surface area contributed by atoms with E-state index < -0.39 is 0 Å². The summed E-state index contributed by atoms with van der Waals surface area (Å²) in [4.78, 5) is 17.9. The molecule has 1 saturated heterocycles. The van der Waals surface area contributed by atoms with Crippen LogP contribution in [0.5, 0.6) is 11.5 Å². The number of benzene rings is 3. The number of ether oxygens (including phenoxy) is 1. The number of phenolic OH excluding ortho intramolecular Hbond substituents is 1. The molecule has 0 aliphatic carbocycles. The third-order valence-corrected chi connectivity index (χ3v) is 6.48. The number of rotatable bonds is 7. The second-order valence-corrected chi connectivity index (χ2v) is 8.54. The summed E-state index contributed by atoms with van der Waals surface area (Å²) in [6.45, 7) is 4.51. The molecule has 1 heterocycles. The summed E-state index contributed by atoms with van der Waals surface area (Å²) in [7, 11) is 1.57. The van der Waals surface area contributed by atoms with Crippen LogP contribution < -0.4 is 9.64 Å². The summed E-state index contributed by atoms with van der Waals surface area (Å²) in [5, 5.41) is 10.4. The lowest BCUT2D eigenvalue weighted by Gasteiger charge is -2.39. The van der Waals surface area contributed by atoms with Crippen LogP contribution >= 0.6 is 0 Å². The number of phenols is 1. The molecule has 0 unspecified atom stereocenters. The maximum Gasteiger partial charge on any atom is 0.258 e. The minimum absolute atomic E-state index is 0.0451. The van der Waals surface area contributed by atoms with Crippen LogP contribution in [0.2, 0.25) is 0 Å². The smallest absolute Gasteiger partial charge is 0.258 e. The highest BCUT2D eigenvalue weighted by Crippen LogP contribution is 2.32. The van der Waals surface area contributed by atoms with E-state index in [0.29, 0.717) is 17.9 Å². The number of nitrogens with zero attached hydrogens (tertiary/aromatic N) is 2. The van der Waals surface area contributed by atoms with Crippen molar-refractivity contribution in [3.8, 4) is 11.5 Å². The lowest BCUT2D eigenvalue weighted by atomic mass is 9.99. The average Bonchev–Trinajstić information content (AvgIpc) is 2.87. The largest absolute Gasteiger partial charge is 0.504 e. The van der Waals surface area contributed by atoms with Crippen LogP contribution in [0.25, 0.3) is 0 Å². The molecular weight excluding hydrogens is 412 g/mol. The molecule has 5 heteroatoms. The summed E-state index contributed by atoms with van der Waals surface area (Å²) < 4.78 is 5.24. The fourth-order valence-corrected chi connectivity index (χ4v) is 4.54. The second kappa shape index (κ2) is 10.5. The molecule has 1 amide bonds. The predicted octanol–water partition coefficient (Wildman–Crippen LogP) is 5.27. The molecule has 3 aromatic rings. The number of amides is 1. The molecule has 0 atom stereocenters. The van der Waals surface area contributed by atoms with Crippen LogP contribution in [0.3, 0.4) is 0 Å². The Morgan fingerprint density at radius 1 is 1.00 bits per heavy atom. The molecular formula is C28H32N2O3. The summed E-state index contributed by atoms with van der Waals surface area (Å²) in [5.41, 5.74) is 3.78. The average molecular weight is 445 g/mol. The Bertz CT molecular complexity index is 1060. The highest BCUT2D eigenvalue weighted by molar-refractivity contribution is 6.06. The zero-order chi connectivity index (χ0) is 23.2. The highest BCUT2D eigenvalue weighted by Gasteiger charge is 2.30. The van der Waals surface area contributed by atoms with Crippen molar-refractivity contribution in [2.45, 2.75) is 38.8 Å². The number of aryl methyl sites for hydroxylation is 1. The van der Waals surface area contributed by atoms with Gasteiger partial charge in [-0.3, -0.25) is 9.69 Å². The van der Waals surface area contributed by atoms with Gasteiger partial charge in [0, 0.05) is 42.5 Å². The zero-order valence-corrected chi connectivity index (χ0v) is 19.4. The minimum Gasteiger partial charge on any atom is -0.504 e. The van der Waals surface area contributed by atoms with Gasteiger partial charge in [0.05, 0.1) is 7.11 Å². The topological polar surface area (TPSA) is 53.0 Å². The van der Waals surface area contributed by atoms with Crippen molar-refractivity contribution in [1.29, 1.82) is 0 Å². The lowest BCUT2D eigenvalue weighted by molar-refractivity contribution is 0.0958. The number of likely N-dealkylation sites (tertiary alicyclic amines) is 1. The zero-order valence-electron chi connectivity index (χ0n) is 19.4. The maximum atomic E-state index is 13.6. The van der Waals surface area contributed by atoms with E-state index in [0.717, 1.165) is 43.6 Å². The number of carbonyl (C=O) groups excluding carboxylic acids is 1. The Morgan fingerprint density at radius 2 is 1.70 bits per heavy atom. The molecule has 1 aliphatic heterocycles. The number of piperidine rings is 1. The first-order chi connectivity index (χ1) is 16.1. The maximum absolute atomic E-state index is 13.6. The van der Waals surface area contributed by atoms with Crippen LogP contribution in [0.15, 0.2) is 72.8 Å². The molecule has 3 aromatic carbocycles. The van der Waals surface area contributed by atoms with Gasteiger partial charge in [-0.25, -0.2) is 0 Å². The van der Waals surface area contributed by atoms with Gasteiger partial charge in [0.15, 0.2) is 11.5 Å². The molecule has 0 saturated carbocycles. The normalized spacial score (nSPS) is 14.7. The van der Waals surface area contributed by atoms with E-state index >= 15 is 0 Å². The van der Waals surface area contributed by atoms with Gasteiger partial charge < -0.3 is 14.7 Å². The van der Waals surface area contributed by atoms with Crippen molar-refractivity contribution in [2.75, 3.05) is 25.1 Å². The second-order valence-electron chi connectivity index (χ2n) is 8.54. The monoisotopic (exact) mass is 444 g/mol. The third-order valence-electron chi connectivity index (χ3n) is 6.48. The number of para-hydroxylation sites is 1. The molecule has 4 rings (SSSR count). The van der Waals surface area contributed by atoms with Crippen molar-refractivity contribution < 1.29 is 14.6 Å². The number of anilines is 1. The third kappa shape index (κ3) is 5.20. The summed E-state index contributed by atoms with van der Waals surface area (Å²) in [5.74, 6) is 0.750. The molecule has 33 heavy (non-hydrogen) atoms.